The zero-order valence-corrected chi connectivity index (χ0v) is 9.40. The third-order valence-electron chi connectivity index (χ3n) is 2.48. The van der Waals surface area contributed by atoms with Crippen molar-refractivity contribution in [1.29, 1.82) is 0 Å². The molecule has 0 fully saturated rings. The number of anilines is 1. The average Bonchev–Trinajstić information content (AvgIpc) is 2.79. The van der Waals surface area contributed by atoms with E-state index >= 15 is 0 Å². The first-order valence-electron chi connectivity index (χ1n) is 5.49. The molecule has 2 rings (SSSR count). The van der Waals surface area contributed by atoms with E-state index in [1.54, 1.807) is 6.20 Å². The molecule has 0 aliphatic carbocycles. The van der Waals surface area contributed by atoms with Crippen LogP contribution in [-0.4, -0.2) is 21.5 Å². The van der Waals surface area contributed by atoms with E-state index < -0.39 is 0 Å². The Morgan fingerprint density at radius 3 is 3.06 bits per heavy atom. The first kappa shape index (κ1) is 10.7. The minimum atomic E-state index is 0.950. The van der Waals surface area contributed by atoms with Gasteiger partial charge in [0.1, 0.15) is 5.82 Å². The van der Waals surface area contributed by atoms with Gasteiger partial charge >= 0.3 is 0 Å². The van der Waals surface area contributed by atoms with E-state index in [0.717, 1.165) is 30.9 Å². The number of imidazole rings is 1. The molecule has 0 aromatic carbocycles. The molecular formula is C12H16N4. The standard InChI is InChI=1S/C12H16N4/c1-10-9-13-6-4-11(10)14-5-2-3-12-15-7-8-16-12/h4,6-9H,2-3,5H2,1H3,(H,13,14)(H,15,16). The van der Waals surface area contributed by atoms with E-state index in [9.17, 15) is 0 Å². The van der Waals surface area contributed by atoms with Crippen LogP contribution in [0.4, 0.5) is 5.69 Å². The summed E-state index contributed by atoms with van der Waals surface area (Å²) in [4.78, 5) is 11.3. The van der Waals surface area contributed by atoms with E-state index in [0.29, 0.717) is 0 Å². The molecule has 16 heavy (non-hydrogen) atoms. The summed E-state index contributed by atoms with van der Waals surface area (Å²) in [5.41, 5.74) is 2.34. The lowest BCUT2D eigenvalue weighted by Gasteiger charge is -2.07. The molecule has 2 N–H and O–H groups in total. The minimum absolute atomic E-state index is 0.950. The third-order valence-corrected chi connectivity index (χ3v) is 2.48. The summed E-state index contributed by atoms with van der Waals surface area (Å²) < 4.78 is 0. The summed E-state index contributed by atoms with van der Waals surface area (Å²) in [6.07, 6.45) is 9.36. The Morgan fingerprint density at radius 2 is 2.31 bits per heavy atom. The SMILES string of the molecule is Cc1cnccc1NCCCc1ncc[nH]1. The van der Waals surface area contributed by atoms with Crippen molar-refractivity contribution in [2.45, 2.75) is 19.8 Å². The predicted octanol–water partition coefficient (Wildman–Crippen LogP) is 2.16. The molecular weight excluding hydrogens is 200 g/mol. The zero-order valence-electron chi connectivity index (χ0n) is 9.40. The van der Waals surface area contributed by atoms with Crippen LogP contribution in [0.5, 0.6) is 0 Å². The number of aromatic nitrogens is 3. The quantitative estimate of drug-likeness (QED) is 0.753. The highest BCUT2D eigenvalue weighted by atomic mass is 14.9. The molecule has 0 bridgehead atoms. The molecule has 0 unspecified atom stereocenters. The first-order valence-corrected chi connectivity index (χ1v) is 5.49. The lowest BCUT2D eigenvalue weighted by Crippen LogP contribution is -2.04. The highest BCUT2D eigenvalue weighted by molar-refractivity contribution is 5.48. The van der Waals surface area contributed by atoms with Crippen molar-refractivity contribution in [1.82, 2.24) is 15.0 Å². The fourth-order valence-electron chi connectivity index (χ4n) is 1.59. The lowest BCUT2D eigenvalue weighted by molar-refractivity contribution is 0.816. The Kier molecular flexibility index (Phi) is 3.53. The van der Waals surface area contributed by atoms with Crippen molar-refractivity contribution in [3.63, 3.8) is 0 Å². The van der Waals surface area contributed by atoms with Gasteiger partial charge in [0, 0.05) is 43.4 Å². The summed E-state index contributed by atoms with van der Waals surface area (Å²) in [5, 5.41) is 3.39. The topological polar surface area (TPSA) is 53.6 Å². The van der Waals surface area contributed by atoms with Gasteiger partial charge in [0.25, 0.3) is 0 Å². The maximum absolute atomic E-state index is 4.19. The number of hydrogen-bond donors (Lipinski definition) is 2. The summed E-state index contributed by atoms with van der Waals surface area (Å²) in [7, 11) is 0. The van der Waals surface area contributed by atoms with Crippen molar-refractivity contribution in [3.05, 3.63) is 42.2 Å². The molecule has 2 aromatic heterocycles. The monoisotopic (exact) mass is 216 g/mol. The van der Waals surface area contributed by atoms with Crippen LogP contribution in [0.25, 0.3) is 0 Å². The minimum Gasteiger partial charge on any atom is -0.385 e. The van der Waals surface area contributed by atoms with Gasteiger partial charge in [-0.15, -0.1) is 0 Å². The molecule has 0 radical (unpaired) electrons. The summed E-state index contributed by atoms with van der Waals surface area (Å²) in [5.74, 6) is 1.05. The van der Waals surface area contributed by atoms with Gasteiger partial charge in [-0.05, 0) is 25.0 Å². The van der Waals surface area contributed by atoms with Gasteiger partial charge in [0.2, 0.25) is 0 Å². The largest absolute Gasteiger partial charge is 0.385 e. The Balaban J connectivity index is 1.74. The lowest BCUT2D eigenvalue weighted by atomic mass is 10.2. The number of rotatable bonds is 5. The molecule has 0 aliphatic rings. The number of nitrogens with one attached hydrogen (secondary N) is 2. The molecule has 0 aliphatic heterocycles. The van der Waals surface area contributed by atoms with E-state index in [1.807, 2.05) is 24.7 Å². The number of aryl methyl sites for hydroxylation is 2. The summed E-state index contributed by atoms with van der Waals surface area (Å²) in [6, 6.07) is 2.00. The predicted molar refractivity (Wildman–Crippen MR) is 64.4 cm³/mol. The fraction of sp³-hybridized carbons (Fsp3) is 0.333. The Hall–Kier alpha value is -1.84. The third kappa shape index (κ3) is 2.82. The van der Waals surface area contributed by atoms with Crippen molar-refractivity contribution in [2.24, 2.45) is 0 Å². The van der Waals surface area contributed by atoms with Crippen LogP contribution < -0.4 is 5.32 Å². The van der Waals surface area contributed by atoms with E-state index in [2.05, 4.69) is 27.2 Å². The molecule has 2 aromatic rings. The molecule has 0 saturated carbocycles. The molecule has 0 spiro atoms. The highest BCUT2D eigenvalue weighted by Gasteiger charge is 1.97. The van der Waals surface area contributed by atoms with Gasteiger partial charge in [-0.3, -0.25) is 4.98 Å². The van der Waals surface area contributed by atoms with Crippen molar-refractivity contribution < 1.29 is 0 Å². The van der Waals surface area contributed by atoms with Gasteiger partial charge in [-0.2, -0.15) is 0 Å². The Morgan fingerprint density at radius 1 is 1.38 bits per heavy atom. The van der Waals surface area contributed by atoms with Crippen LogP contribution in [-0.2, 0) is 6.42 Å². The van der Waals surface area contributed by atoms with Crippen LogP contribution in [0.1, 0.15) is 17.8 Å². The van der Waals surface area contributed by atoms with E-state index in [4.69, 9.17) is 0 Å². The molecule has 4 nitrogen and oxygen atoms in total. The smallest absolute Gasteiger partial charge is 0.106 e. The maximum Gasteiger partial charge on any atom is 0.106 e. The molecule has 84 valence electrons. The summed E-state index contributed by atoms with van der Waals surface area (Å²) >= 11 is 0. The molecule has 0 atom stereocenters. The van der Waals surface area contributed by atoms with Gasteiger partial charge in [-0.1, -0.05) is 0 Å². The van der Waals surface area contributed by atoms with E-state index in [1.165, 1.54) is 5.56 Å². The maximum atomic E-state index is 4.19. The van der Waals surface area contributed by atoms with Crippen LogP contribution >= 0.6 is 0 Å². The molecule has 2 heterocycles. The van der Waals surface area contributed by atoms with Crippen molar-refractivity contribution >= 4 is 5.69 Å². The molecule has 0 saturated heterocycles. The van der Waals surface area contributed by atoms with Crippen LogP contribution in [0.3, 0.4) is 0 Å². The molecule has 4 heteroatoms. The first-order chi connectivity index (χ1) is 7.86. The number of H-pyrrole nitrogens is 1. The number of pyridine rings is 1. The average molecular weight is 216 g/mol. The Labute approximate surface area is 95.1 Å². The zero-order chi connectivity index (χ0) is 11.2. The summed E-state index contributed by atoms with van der Waals surface area (Å²) in [6.45, 7) is 3.01. The van der Waals surface area contributed by atoms with Crippen molar-refractivity contribution in [2.75, 3.05) is 11.9 Å². The van der Waals surface area contributed by atoms with Gasteiger partial charge < -0.3 is 10.3 Å². The van der Waals surface area contributed by atoms with Gasteiger partial charge in [0.05, 0.1) is 0 Å². The second-order valence-electron chi connectivity index (χ2n) is 3.76. The number of aromatic amines is 1. The number of nitrogens with zero attached hydrogens (tertiary/aromatic N) is 2. The fourth-order valence-corrected chi connectivity index (χ4v) is 1.59. The van der Waals surface area contributed by atoms with Gasteiger partial charge in [-0.25, -0.2) is 4.98 Å². The molecule has 0 amide bonds. The second-order valence-corrected chi connectivity index (χ2v) is 3.76. The van der Waals surface area contributed by atoms with Crippen LogP contribution in [0.2, 0.25) is 0 Å². The second kappa shape index (κ2) is 5.30. The van der Waals surface area contributed by atoms with Gasteiger partial charge in [0.15, 0.2) is 0 Å². The highest BCUT2D eigenvalue weighted by Crippen LogP contribution is 2.11. The Bertz CT molecular complexity index is 422. The normalized spacial score (nSPS) is 10.3. The van der Waals surface area contributed by atoms with Crippen LogP contribution in [0, 0.1) is 6.92 Å². The van der Waals surface area contributed by atoms with Crippen LogP contribution in [0.15, 0.2) is 30.9 Å². The number of hydrogen-bond acceptors (Lipinski definition) is 3. The van der Waals surface area contributed by atoms with Crippen molar-refractivity contribution in [3.8, 4) is 0 Å². The van der Waals surface area contributed by atoms with E-state index in [-0.39, 0.29) is 0 Å².